The van der Waals surface area contributed by atoms with E-state index in [9.17, 15) is 4.79 Å². The zero-order valence-electron chi connectivity index (χ0n) is 11.4. The molecule has 0 aliphatic carbocycles. The molecule has 1 aromatic heterocycles. The third-order valence-electron chi connectivity index (χ3n) is 3.12. The number of anilines is 1. The van der Waals surface area contributed by atoms with Crippen molar-refractivity contribution in [2.24, 2.45) is 17.6 Å². The van der Waals surface area contributed by atoms with Crippen molar-refractivity contribution in [3.8, 4) is 0 Å². The highest BCUT2D eigenvalue weighted by Crippen LogP contribution is 2.20. The second-order valence-corrected chi connectivity index (χ2v) is 5.22. The minimum absolute atomic E-state index is 0.0579. The number of halogens is 1. The first-order chi connectivity index (χ1) is 9.02. The molecule has 0 radical (unpaired) electrons. The maximum atomic E-state index is 11.8. The summed E-state index contributed by atoms with van der Waals surface area (Å²) in [6, 6.07) is 1.61. The van der Waals surface area contributed by atoms with Gasteiger partial charge in [-0.05, 0) is 48.9 Å². The largest absolute Gasteiger partial charge is 0.330 e. The Morgan fingerprint density at radius 3 is 2.79 bits per heavy atom. The quantitative estimate of drug-likeness (QED) is 0.754. The molecule has 5 nitrogen and oxygen atoms in total. The Hall–Kier alpha value is -1.20. The van der Waals surface area contributed by atoms with Gasteiger partial charge in [-0.2, -0.15) is 0 Å². The van der Waals surface area contributed by atoms with E-state index < -0.39 is 0 Å². The molecule has 19 heavy (non-hydrogen) atoms. The summed E-state index contributed by atoms with van der Waals surface area (Å²) in [5.41, 5.74) is 5.58. The summed E-state index contributed by atoms with van der Waals surface area (Å²) in [4.78, 5) is 19.5. The van der Waals surface area contributed by atoms with Crippen LogP contribution in [-0.2, 0) is 4.79 Å². The van der Waals surface area contributed by atoms with Crippen LogP contribution in [0.2, 0.25) is 5.28 Å². The predicted molar refractivity (Wildman–Crippen MR) is 76.9 cm³/mol. The number of hydrogen-bond donors (Lipinski definition) is 2. The Kier molecular flexibility index (Phi) is 6.73. The number of nitrogens with zero attached hydrogens (tertiary/aromatic N) is 2. The number of carbonyl (C=O) groups is 1. The molecule has 1 atom stereocenters. The third-order valence-corrected chi connectivity index (χ3v) is 3.30. The van der Waals surface area contributed by atoms with Gasteiger partial charge in [-0.3, -0.25) is 4.79 Å². The number of aromatic nitrogens is 2. The van der Waals surface area contributed by atoms with E-state index >= 15 is 0 Å². The van der Waals surface area contributed by atoms with Crippen LogP contribution in [0.5, 0.6) is 0 Å². The van der Waals surface area contributed by atoms with E-state index in [1.54, 1.807) is 6.07 Å². The van der Waals surface area contributed by atoms with E-state index in [-0.39, 0.29) is 11.2 Å². The second kappa shape index (κ2) is 8.07. The van der Waals surface area contributed by atoms with Gasteiger partial charge in [0.05, 0.1) is 0 Å². The van der Waals surface area contributed by atoms with Crippen molar-refractivity contribution in [2.45, 2.75) is 33.1 Å². The molecule has 106 valence electrons. The van der Waals surface area contributed by atoms with Crippen LogP contribution in [0.15, 0.2) is 12.3 Å². The van der Waals surface area contributed by atoms with Gasteiger partial charge in [0.1, 0.15) is 5.82 Å². The molecule has 0 aliphatic rings. The fourth-order valence-electron chi connectivity index (χ4n) is 1.95. The first kappa shape index (κ1) is 15.9. The fourth-order valence-corrected chi connectivity index (χ4v) is 2.10. The van der Waals surface area contributed by atoms with E-state index in [4.69, 9.17) is 17.3 Å². The highest BCUT2D eigenvalue weighted by molar-refractivity contribution is 6.28. The van der Waals surface area contributed by atoms with Crippen molar-refractivity contribution in [3.05, 3.63) is 17.5 Å². The maximum absolute atomic E-state index is 11.8. The molecule has 1 rings (SSSR count). The highest BCUT2D eigenvalue weighted by Gasteiger charge is 2.14. The molecular formula is C13H21ClN4O. The van der Waals surface area contributed by atoms with Crippen molar-refractivity contribution in [1.29, 1.82) is 0 Å². The van der Waals surface area contributed by atoms with Crippen LogP contribution in [0, 0.1) is 11.8 Å². The molecular weight excluding hydrogens is 264 g/mol. The molecule has 0 fully saturated rings. The lowest BCUT2D eigenvalue weighted by Gasteiger charge is -2.19. The molecule has 1 unspecified atom stereocenters. The number of rotatable bonds is 7. The zero-order valence-corrected chi connectivity index (χ0v) is 12.2. The van der Waals surface area contributed by atoms with Gasteiger partial charge in [-0.1, -0.05) is 13.8 Å². The van der Waals surface area contributed by atoms with Gasteiger partial charge in [0, 0.05) is 12.6 Å². The molecule has 0 aromatic carbocycles. The number of amides is 1. The minimum Gasteiger partial charge on any atom is -0.330 e. The highest BCUT2D eigenvalue weighted by atomic mass is 35.5. The Bertz CT molecular complexity index is 411. The summed E-state index contributed by atoms with van der Waals surface area (Å²) < 4.78 is 0. The molecule has 0 spiro atoms. The average Bonchev–Trinajstić information content (AvgIpc) is 2.34. The minimum atomic E-state index is -0.0579. The maximum Gasteiger partial charge on any atom is 0.225 e. The van der Waals surface area contributed by atoms with Crippen molar-refractivity contribution in [3.63, 3.8) is 0 Å². The summed E-state index contributed by atoms with van der Waals surface area (Å²) >= 11 is 5.65. The number of nitrogens with two attached hydrogens (primary N) is 1. The molecule has 0 saturated heterocycles. The van der Waals surface area contributed by atoms with E-state index in [0.717, 1.165) is 12.8 Å². The molecule has 1 heterocycles. The third kappa shape index (κ3) is 5.98. The molecule has 1 aromatic rings. The van der Waals surface area contributed by atoms with Crippen LogP contribution >= 0.6 is 11.6 Å². The SMILES string of the molecule is CC(C)C(CCN)CCC(=O)Nc1ccnc(Cl)n1. The van der Waals surface area contributed by atoms with Gasteiger partial charge in [0.25, 0.3) is 0 Å². The van der Waals surface area contributed by atoms with Gasteiger partial charge < -0.3 is 11.1 Å². The Labute approximate surface area is 119 Å². The summed E-state index contributed by atoms with van der Waals surface area (Å²) in [6.45, 7) is 4.97. The number of hydrogen-bond acceptors (Lipinski definition) is 4. The molecule has 3 N–H and O–H groups in total. The predicted octanol–water partition coefficient (Wildman–Crippen LogP) is 2.47. The Morgan fingerprint density at radius 2 is 2.21 bits per heavy atom. The zero-order chi connectivity index (χ0) is 14.3. The molecule has 6 heteroatoms. The monoisotopic (exact) mass is 284 g/mol. The average molecular weight is 285 g/mol. The van der Waals surface area contributed by atoms with E-state index in [1.165, 1.54) is 6.20 Å². The smallest absolute Gasteiger partial charge is 0.225 e. The molecule has 1 amide bonds. The van der Waals surface area contributed by atoms with E-state index in [2.05, 4.69) is 29.1 Å². The fraction of sp³-hybridized carbons (Fsp3) is 0.615. The van der Waals surface area contributed by atoms with Crippen LogP contribution in [0.25, 0.3) is 0 Å². The van der Waals surface area contributed by atoms with Crippen LogP contribution in [-0.4, -0.2) is 22.4 Å². The standard InChI is InChI=1S/C13H21ClN4O/c1-9(2)10(5-7-15)3-4-12(19)17-11-6-8-16-13(14)18-11/h6,8-10H,3-5,7,15H2,1-2H3,(H,16,17,18,19). The number of nitrogens with one attached hydrogen (secondary N) is 1. The van der Waals surface area contributed by atoms with Crippen LogP contribution in [0.4, 0.5) is 5.82 Å². The lowest BCUT2D eigenvalue weighted by atomic mass is 9.88. The number of carbonyl (C=O) groups excluding carboxylic acids is 1. The van der Waals surface area contributed by atoms with Gasteiger partial charge in [0.2, 0.25) is 11.2 Å². The van der Waals surface area contributed by atoms with Crippen LogP contribution in [0.1, 0.15) is 33.1 Å². The van der Waals surface area contributed by atoms with Gasteiger partial charge >= 0.3 is 0 Å². The summed E-state index contributed by atoms with van der Waals surface area (Å²) in [5, 5.41) is 2.84. The van der Waals surface area contributed by atoms with E-state index in [1.807, 2.05) is 0 Å². The van der Waals surface area contributed by atoms with Gasteiger partial charge in [0.15, 0.2) is 0 Å². The van der Waals surface area contributed by atoms with Crippen molar-refractivity contribution < 1.29 is 4.79 Å². The Morgan fingerprint density at radius 1 is 1.47 bits per heavy atom. The molecule has 0 saturated carbocycles. The van der Waals surface area contributed by atoms with Crippen molar-refractivity contribution >= 4 is 23.3 Å². The molecule has 0 bridgehead atoms. The van der Waals surface area contributed by atoms with Crippen molar-refractivity contribution in [1.82, 2.24) is 9.97 Å². The lowest BCUT2D eigenvalue weighted by Crippen LogP contribution is -2.18. The Balaban J connectivity index is 2.42. The second-order valence-electron chi connectivity index (χ2n) is 4.88. The first-order valence-corrected chi connectivity index (χ1v) is 6.89. The first-order valence-electron chi connectivity index (χ1n) is 6.51. The summed E-state index contributed by atoms with van der Waals surface area (Å²) in [6.07, 6.45) is 3.75. The van der Waals surface area contributed by atoms with E-state index in [0.29, 0.717) is 30.6 Å². The normalized spacial score (nSPS) is 12.5. The van der Waals surface area contributed by atoms with Crippen molar-refractivity contribution in [2.75, 3.05) is 11.9 Å². The topological polar surface area (TPSA) is 80.9 Å². The van der Waals surface area contributed by atoms with Gasteiger partial charge in [-0.25, -0.2) is 9.97 Å². The van der Waals surface area contributed by atoms with Crippen LogP contribution < -0.4 is 11.1 Å². The summed E-state index contributed by atoms with van der Waals surface area (Å²) in [5.74, 6) is 1.39. The van der Waals surface area contributed by atoms with Crippen LogP contribution in [0.3, 0.4) is 0 Å². The molecule has 0 aliphatic heterocycles. The van der Waals surface area contributed by atoms with Gasteiger partial charge in [-0.15, -0.1) is 0 Å². The lowest BCUT2D eigenvalue weighted by molar-refractivity contribution is -0.116. The summed E-state index contributed by atoms with van der Waals surface area (Å²) in [7, 11) is 0.